The molecule has 0 aromatic carbocycles. The van der Waals surface area contributed by atoms with Crippen LogP contribution in [-0.2, 0) is 14.3 Å². The van der Waals surface area contributed by atoms with Gasteiger partial charge in [0, 0.05) is 31.7 Å². The summed E-state index contributed by atoms with van der Waals surface area (Å²) >= 11 is 0. The lowest BCUT2D eigenvalue weighted by Crippen LogP contribution is -2.52. The van der Waals surface area contributed by atoms with E-state index in [0.29, 0.717) is 30.7 Å². The van der Waals surface area contributed by atoms with Crippen LogP contribution in [0.4, 0.5) is 0 Å². The highest BCUT2D eigenvalue weighted by atomic mass is 16.5. The number of amides is 2. The van der Waals surface area contributed by atoms with Gasteiger partial charge in [0.2, 0.25) is 11.8 Å². The summed E-state index contributed by atoms with van der Waals surface area (Å²) in [5, 5.41) is 25.8. The number of ether oxygens (including phenoxy) is 1. The number of likely N-dealkylation sites (tertiary alicyclic amines) is 1. The highest BCUT2D eigenvalue weighted by Crippen LogP contribution is 2.40. The fraction of sp³-hybridized carbons (Fsp3) is 0.739. The highest BCUT2D eigenvalue weighted by molar-refractivity contribution is 5.90. The highest BCUT2D eigenvalue weighted by Gasteiger charge is 2.46. The third-order valence-electron chi connectivity index (χ3n) is 6.91. The molecule has 3 fully saturated rings. The second-order valence-corrected chi connectivity index (χ2v) is 10.9. The normalized spacial score (nSPS) is 27.9. The monoisotopic (exact) mass is 487 g/mol. The van der Waals surface area contributed by atoms with Crippen molar-refractivity contribution in [3.63, 3.8) is 0 Å². The quantitative estimate of drug-likeness (QED) is 0.609. The minimum atomic E-state index is -0.806. The number of aliphatic hydroxyl groups is 1. The van der Waals surface area contributed by atoms with Gasteiger partial charge in [-0.15, -0.1) is 5.10 Å². The van der Waals surface area contributed by atoms with Crippen molar-refractivity contribution in [3.05, 3.63) is 23.6 Å². The second kappa shape index (κ2) is 8.98. The summed E-state index contributed by atoms with van der Waals surface area (Å²) in [5.74, 6) is 0.623. The van der Waals surface area contributed by atoms with E-state index in [1.807, 2.05) is 27.0 Å². The van der Waals surface area contributed by atoms with Gasteiger partial charge in [0.05, 0.1) is 17.8 Å². The predicted molar refractivity (Wildman–Crippen MR) is 121 cm³/mol. The average Bonchev–Trinajstić information content (AvgIpc) is 3.16. The van der Waals surface area contributed by atoms with Gasteiger partial charge in [-0.05, 0) is 31.6 Å². The Bertz CT molecular complexity index is 1090. The summed E-state index contributed by atoms with van der Waals surface area (Å²) in [4.78, 5) is 33.0. The number of hydrogen-bond donors (Lipinski definition) is 2. The van der Waals surface area contributed by atoms with Gasteiger partial charge in [0.1, 0.15) is 12.1 Å². The van der Waals surface area contributed by atoms with Crippen molar-refractivity contribution in [1.29, 1.82) is 0 Å². The fourth-order valence-electron chi connectivity index (χ4n) is 5.01. The zero-order chi connectivity index (χ0) is 24.9. The maximum Gasteiger partial charge on any atom is 0.257 e. The van der Waals surface area contributed by atoms with Crippen molar-refractivity contribution in [3.8, 4) is 0 Å². The maximum atomic E-state index is 13.9. The Kier molecular flexibility index (Phi) is 6.12. The maximum absolute atomic E-state index is 13.9. The lowest BCUT2D eigenvalue weighted by Gasteiger charge is -2.35. The number of aliphatic hydroxyl groups excluding tert-OH is 1. The van der Waals surface area contributed by atoms with E-state index in [0.717, 1.165) is 18.5 Å². The van der Waals surface area contributed by atoms with Gasteiger partial charge in [0.25, 0.3) is 5.89 Å². The van der Waals surface area contributed by atoms with Crippen LogP contribution in [0.5, 0.6) is 0 Å². The van der Waals surface area contributed by atoms with E-state index in [1.54, 1.807) is 11.6 Å². The van der Waals surface area contributed by atoms with Gasteiger partial charge >= 0.3 is 0 Å². The molecular formula is C23H33N7O5. The number of aromatic nitrogens is 5. The standard InChI is InChI=1S/C23H33N7O5/c1-12-24-21(35-27-12)18-15(7-8-34-18)25-20(32)17-9-14(31)10-29(17)22(33)19(23(2,3)4)30-11-16(26-28-30)13-5-6-13/h11,13-15,17-19,31H,5-10H2,1-4H3,(H,25,32)/t14-,15+,17+,18-,19-/m1/s1. The number of aryl methyl sites for hydroxylation is 1. The predicted octanol–water partition coefficient (Wildman–Crippen LogP) is 1.04. The van der Waals surface area contributed by atoms with Crippen molar-refractivity contribution in [1.82, 2.24) is 35.4 Å². The number of β-amino-alcohol motifs (C(OH)–C–C–N with tert-alkyl or cyclic N) is 1. The Hall–Kier alpha value is -2.86. The lowest BCUT2D eigenvalue weighted by atomic mass is 9.85. The molecule has 12 nitrogen and oxygen atoms in total. The first kappa shape index (κ1) is 23.9. The van der Waals surface area contributed by atoms with Crippen LogP contribution in [0.2, 0.25) is 0 Å². The Morgan fingerprint density at radius 1 is 1.26 bits per heavy atom. The minimum Gasteiger partial charge on any atom is -0.391 e. The van der Waals surface area contributed by atoms with Crippen molar-refractivity contribution in [2.24, 2.45) is 5.41 Å². The molecule has 1 saturated carbocycles. The van der Waals surface area contributed by atoms with E-state index in [4.69, 9.17) is 9.26 Å². The first-order valence-electron chi connectivity index (χ1n) is 12.2. The van der Waals surface area contributed by atoms with Crippen LogP contribution in [0.1, 0.15) is 81.9 Å². The third-order valence-corrected chi connectivity index (χ3v) is 6.91. The Morgan fingerprint density at radius 2 is 2.03 bits per heavy atom. The SMILES string of the molecule is Cc1noc([C@@H]2OCC[C@@H]2NC(=O)[C@@H]2C[C@@H](O)CN2C(=O)[C@@H](n2cc(C3CC3)nn2)C(C)(C)C)n1. The molecule has 2 amide bonds. The molecule has 1 aliphatic carbocycles. The van der Waals surface area contributed by atoms with E-state index in [2.05, 4.69) is 25.8 Å². The van der Waals surface area contributed by atoms with Crippen LogP contribution in [0, 0.1) is 12.3 Å². The van der Waals surface area contributed by atoms with E-state index in [9.17, 15) is 14.7 Å². The Labute approximate surface area is 203 Å². The molecule has 5 rings (SSSR count). The molecular weight excluding hydrogens is 454 g/mol. The first-order valence-corrected chi connectivity index (χ1v) is 12.2. The molecule has 12 heteroatoms. The van der Waals surface area contributed by atoms with Crippen LogP contribution in [-0.4, -0.2) is 78.3 Å². The van der Waals surface area contributed by atoms with Gasteiger partial charge in [-0.25, -0.2) is 4.68 Å². The molecule has 2 aromatic heterocycles. The summed E-state index contributed by atoms with van der Waals surface area (Å²) < 4.78 is 12.6. The van der Waals surface area contributed by atoms with Gasteiger partial charge < -0.3 is 24.6 Å². The van der Waals surface area contributed by atoms with Crippen LogP contribution < -0.4 is 5.32 Å². The Balaban J connectivity index is 1.34. The van der Waals surface area contributed by atoms with Gasteiger partial charge in [-0.1, -0.05) is 31.1 Å². The number of nitrogens with zero attached hydrogens (tertiary/aromatic N) is 6. The number of carbonyl (C=O) groups is 2. The molecule has 35 heavy (non-hydrogen) atoms. The van der Waals surface area contributed by atoms with Crippen molar-refractivity contribution < 1.29 is 24.0 Å². The molecule has 2 N–H and O–H groups in total. The zero-order valence-corrected chi connectivity index (χ0v) is 20.5. The number of rotatable bonds is 6. The van der Waals surface area contributed by atoms with E-state index in [1.165, 1.54) is 4.90 Å². The van der Waals surface area contributed by atoms with Crippen LogP contribution in [0.3, 0.4) is 0 Å². The summed E-state index contributed by atoms with van der Waals surface area (Å²) in [6, 6.07) is -1.83. The first-order chi connectivity index (χ1) is 16.6. The average molecular weight is 488 g/mol. The van der Waals surface area contributed by atoms with Gasteiger partial charge in [-0.2, -0.15) is 4.98 Å². The van der Waals surface area contributed by atoms with E-state index < -0.39 is 29.7 Å². The van der Waals surface area contributed by atoms with E-state index >= 15 is 0 Å². The van der Waals surface area contributed by atoms with Gasteiger partial charge in [0.15, 0.2) is 11.9 Å². The lowest BCUT2D eigenvalue weighted by molar-refractivity contribution is -0.144. The largest absolute Gasteiger partial charge is 0.391 e. The third kappa shape index (κ3) is 4.81. The van der Waals surface area contributed by atoms with Crippen molar-refractivity contribution in [2.75, 3.05) is 13.2 Å². The second-order valence-electron chi connectivity index (χ2n) is 10.9. The van der Waals surface area contributed by atoms with Crippen LogP contribution in [0.25, 0.3) is 0 Å². The molecule has 0 spiro atoms. The van der Waals surface area contributed by atoms with Crippen LogP contribution >= 0.6 is 0 Å². The molecule has 4 heterocycles. The fourth-order valence-corrected chi connectivity index (χ4v) is 5.01. The molecule has 0 bridgehead atoms. The topological polar surface area (TPSA) is 148 Å². The number of carbonyl (C=O) groups excluding carboxylic acids is 2. The molecule has 2 aliphatic heterocycles. The number of nitrogens with one attached hydrogen (secondary N) is 1. The molecule has 190 valence electrons. The molecule has 0 unspecified atom stereocenters. The molecule has 0 radical (unpaired) electrons. The van der Waals surface area contributed by atoms with Crippen molar-refractivity contribution >= 4 is 11.8 Å². The molecule has 5 atom stereocenters. The molecule has 2 aromatic rings. The van der Waals surface area contributed by atoms with E-state index in [-0.39, 0.29) is 30.8 Å². The van der Waals surface area contributed by atoms with Gasteiger partial charge in [-0.3, -0.25) is 9.59 Å². The summed E-state index contributed by atoms with van der Waals surface area (Å²) in [7, 11) is 0. The zero-order valence-electron chi connectivity index (χ0n) is 20.5. The molecule has 3 aliphatic rings. The van der Waals surface area contributed by atoms with Crippen LogP contribution in [0.15, 0.2) is 10.7 Å². The van der Waals surface area contributed by atoms with Crippen molar-refractivity contribution in [2.45, 2.75) is 89.6 Å². The molecule has 2 saturated heterocycles. The Morgan fingerprint density at radius 3 is 2.69 bits per heavy atom. The smallest absolute Gasteiger partial charge is 0.257 e. The number of hydrogen-bond acceptors (Lipinski definition) is 9. The minimum absolute atomic E-state index is 0.0845. The summed E-state index contributed by atoms with van der Waals surface area (Å²) in [6.07, 6.45) is 3.42. The summed E-state index contributed by atoms with van der Waals surface area (Å²) in [5.41, 5.74) is 0.409. The summed E-state index contributed by atoms with van der Waals surface area (Å²) in [6.45, 7) is 8.12.